The molecule has 0 spiro atoms. The second kappa shape index (κ2) is 5.83. The zero-order valence-electron chi connectivity index (χ0n) is 11.9. The van der Waals surface area contributed by atoms with Crippen molar-refractivity contribution in [2.24, 2.45) is 0 Å². The third-order valence-corrected chi connectivity index (χ3v) is 3.54. The number of nitrogens with zero attached hydrogens (tertiary/aromatic N) is 2. The molecule has 0 saturated heterocycles. The lowest BCUT2D eigenvalue weighted by Crippen LogP contribution is -2.33. The van der Waals surface area contributed by atoms with Gasteiger partial charge >= 0.3 is 5.97 Å². The topological polar surface area (TPSA) is 54.5 Å². The van der Waals surface area contributed by atoms with Gasteiger partial charge in [0, 0.05) is 19.3 Å². The van der Waals surface area contributed by atoms with Gasteiger partial charge in [-0.3, -0.25) is 4.98 Å². The smallest absolute Gasteiger partial charge is 0.339 e. The number of pyridine rings is 1. The molecule has 1 aromatic carbocycles. The Bertz CT molecular complexity index is 640. The van der Waals surface area contributed by atoms with E-state index in [1.807, 2.05) is 18.2 Å². The Morgan fingerprint density at radius 3 is 2.95 bits per heavy atom. The van der Waals surface area contributed by atoms with Crippen LogP contribution in [0.15, 0.2) is 42.6 Å². The average Bonchev–Trinajstić information content (AvgIpc) is 2.55. The van der Waals surface area contributed by atoms with Crippen LogP contribution in [0.1, 0.15) is 16.1 Å². The predicted octanol–water partition coefficient (Wildman–Crippen LogP) is 2.30. The highest BCUT2D eigenvalue weighted by molar-refractivity contribution is 5.88. The first kappa shape index (κ1) is 13.4. The van der Waals surface area contributed by atoms with Crippen LogP contribution in [-0.4, -0.2) is 31.2 Å². The van der Waals surface area contributed by atoms with Gasteiger partial charge in [0.15, 0.2) is 0 Å². The molecule has 1 N–H and O–H groups in total. The Balaban J connectivity index is 1.77. The van der Waals surface area contributed by atoms with E-state index in [0.717, 1.165) is 31.0 Å². The molecule has 0 amide bonds. The lowest BCUT2D eigenvalue weighted by Gasteiger charge is -2.31. The predicted molar refractivity (Wildman–Crippen MR) is 81.6 cm³/mol. The van der Waals surface area contributed by atoms with Gasteiger partial charge in [-0.05, 0) is 24.3 Å². The van der Waals surface area contributed by atoms with Crippen LogP contribution < -0.4 is 10.2 Å². The molecule has 1 aliphatic rings. The van der Waals surface area contributed by atoms with Crippen LogP contribution in [0.25, 0.3) is 0 Å². The lowest BCUT2D eigenvalue weighted by atomic mass is 10.2. The zero-order chi connectivity index (χ0) is 14.7. The number of benzene rings is 1. The fraction of sp³-hybridized carbons (Fsp3) is 0.250. The van der Waals surface area contributed by atoms with Gasteiger partial charge in [0.25, 0.3) is 0 Å². The quantitative estimate of drug-likeness (QED) is 0.876. The maximum atomic E-state index is 11.4. The molecule has 3 rings (SSSR count). The van der Waals surface area contributed by atoms with Crippen molar-refractivity contribution in [1.82, 2.24) is 4.98 Å². The first-order valence-corrected chi connectivity index (χ1v) is 6.89. The highest BCUT2D eigenvalue weighted by Crippen LogP contribution is 2.29. The average molecular weight is 283 g/mol. The number of methoxy groups -OCH3 is 1. The highest BCUT2D eigenvalue weighted by atomic mass is 16.5. The summed E-state index contributed by atoms with van der Waals surface area (Å²) in [7, 11) is 1.37. The molecule has 0 saturated carbocycles. The molecule has 5 nitrogen and oxygen atoms in total. The van der Waals surface area contributed by atoms with Gasteiger partial charge in [-0.25, -0.2) is 4.79 Å². The van der Waals surface area contributed by atoms with Crippen LogP contribution in [0.5, 0.6) is 0 Å². The first-order chi connectivity index (χ1) is 10.3. The molecule has 5 heteroatoms. The monoisotopic (exact) mass is 283 g/mol. The molecule has 0 bridgehead atoms. The summed E-state index contributed by atoms with van der Waals surface area (Å²) in [5, 5.41) is 3.39. The molecule has 0 aliphatic carbocycles. The van der Waals surface area contributed by atoms with Crippen molar-refractivity contribution in [2.75, 3.05) is 30.4 Å². The molecular formula is C16H17N3O2. The maximum Gasteiger partial charge on any atom is 0.339 e. The van der Waals surface area contributed by atoms with Crippen molar-refractivity contribution in [3.63, 3.8) is 0 Å². The molecule has 0 atom stereocenters. The SMILES string of the molecule is COC(=O)c1ccc(CN2CCNc3ccccc32)nc1. The number of nitrogens with one attached hydrogen (secondary N) is 1. The van der Waals surface area contributed by atoms with Crippen molar-refractivity contribution in [3.05, 3.63) is 53.9 Å². The van der Waals surface area contributed by atoms with E-state index in [1.54, 1.807) is 12.3 Å². The number of carbonyl (C=O) groups excluding carboxylic acids is 1. The zero-order valence-corrected chi connectivity index (χ0v) is 11.9. The molecule has 0 fully saturated rings. The van der Waals surface area contributed by atoms with Crippen molar-refractivity contribution in [2.45, 2.75) is 6.54 Å². The number of hydrogen-bond donors (Lipinski definition) is 1. The summed E-state index contributed by atoms with van der Waals surface area (Å²) < 4.78 is 4.67. The Kier molecular flexibility index (Phi) is 3.73. The van der Waals surface area contributed by atoms with Crippen LogP contribution in [-0.2, 0) is 11.3 Å². The fourth-order valence-corrected chi connectivity index (χ4v) is 2.46. The first-order valence-electron chi connectivity index (χ1n) is 6.89. The summed E-state index contributed by atoms with van der Waals surface area (Å²) in [4.78, 5) is 18.0. The number of anilines is 2. The van der Waals surface area contributed by atoms with Crippen LogP contribution in [0.3, 0.4) is 0 Å². The van der Waals surface area contributed by atoms with Gasteiger partial charge in [-0.15, -0.1) is 0 Å². The van der Waals surface area contributed by atoms with E-state index in [2.05, 4.69) is 32.1 Å². The number of ether oxygens (including phenoxy) is 1. The van der Waals surface area contributed by atoms with Gasteiger partial charge in [0.1, 0.15) is 0 Å². The minimum Gasteiger partial charge on any atom is -0.465 e. The van der Waals surface area contributed by atoms with Gasteiger partial charge < -0.3 is 15.0 Å². The summed E-state index contributed by atoms with van der Waals surface area (Å²) in [5.74, 6) is -0.360. The van der Waals surface area contributed by atoms with E-state index in [9.17, 15) is 4.79 Å². The van der Waals surface area contributed by atoms with Gasteiger partial charge in [-0.1, -0.05) is 12.1 Å². The van der Waals surface area contributed by atoms with Crippen LogP contribution >= 0.6 is 0 Å². The Morgan fingerprint density at radius 2 is 2.19 bits per heavy atom. The van der Waals surface area contributed by atoms with E-state index in [0.29, 0.717) is 5.56 Å². The second-order valence-corrected chi connectivity index (χ2v) is 4.90. The van der Waals surface area contributed by atoms with E-state index in [1.165, 1.54) is 12.8 Å². The molecule has 21 heavy (non-hydrogen) atoms. The third-order valence-electron chi connectivity index (χ3n) is 3.54. The number of esters is 1. The Morgan fingerprint density at radius 1 is 1.33 bits per heavy atom. The van der Waals surface area contributed by atoms with Crippen LogP contribution in [0, 0.1) is 0 Å². The summed E-state index contributed by atoms with van der Waals surface area (Å²) >= 11 is 0. The number of hydrogen-bond acceptors (Lipinski definition) is 5. The van der Waals surface area contributed by atoms with Crippen LogP contribution in [0.2, 0.25) is 0 Å². The summed E-state index contributed by atoms with van der Waals surface area (Å²) in [5.41, 5.74) is 3.74. The Labute approximate surface area is 123 Å². The lowest BCUT2D eigenvalue weighted by molar-refractivity contribution is 0.0600. The minimum atomic E-state index is -0.360. The summed E-state index contributed by atoms with van der Waals surface area (Å²) in [6, 6.07) is 11.9. The standard InChI is InChI=1S/C16H17N3O2/c1-21-16(20)12-6-7-13(18-10-12)11-19-9-8-17-14-4-2-3-5-15(14)19/h2-7,10,17H,8-9,11H2,1H3. The van der Waals surface area contributed by atoms with Crippen molar-refractivity contribution in [3.8, 4) is 0 Å². The number of para-hydroxylation sites is 2. The van der Waals surface area contributed by atoms with Gasteiger partial charge in [0.2, 0.25) is 0 Å². The molecule has 0 radical (unpaired) electrons. The van der Waals surface area contributed by atoms with Crippen LogP contribution in [0.4, 0.5) is 11.4 Å². The summed E-state index contributed by atoms with van der Waals surface area (Å²) in [6.45, 7) is 2.56. The number of aromatic nitrogens is 1. The fourth-order valence-electron chi connectivity index (χ4n) is 2.46. The van der Waals surface area contributed by atoms with Gasteiger partial charge in [-0.2, -0.15) is 0 Å². The Hall–Kier alpha value is -2.56. The highest BCUT2D eigenvalue weighted by Gasteiger charge is 2.16. The normalized spacial score (nSPS) is 13.3. The number of fused-ring (bicyclic) bond motifs is 1. The largest absolute Gasteiger partial charge is 0.465 e. The summed E-state index contributed by atoms with van der Waals surface area (Å²) in [6.07, 6.45) is 1.56. The molecular weight excluding hydrogens is 266 g/mol. The third kappa shape index (κ3) is 2.81. The van der Waals surface area contributed by atoms with E-state index in [4.69, 9.17) is 0 Å². The van der Waals surface area contributed by atoms with Gasteiger partial charge in [0.05, 0.1) is 36.3 Å². The minimum absolute atomic E-state index is 0.360. The van der Waals surface area contributed by atoms with Crippen molar-refractivity contribution < 1.29 is 9.53 Å². The molecule has 2 aromatic rings. The van der Waals surface area contributed by atoms with E-state index >= 15 is 0 Å². The molecule has 1 aromatic heterocycles. The van der Waals surface area contributed by atoms with E-state index in [-0.39, 0.29) is 5.97 Å². The molecule has 2 heterocycles. The molecule has 0 unspecified atom stereocenters. The molecule has 1 aliphatic heterocycles. The van der Waals surface area contributed by atoms with E-state index < -0.39 is 0 Å². The number of carbonyl (C=O) groups is 1. The van der Waals surface area contributed by atoms with Crippen molar-refractivity contribution in [1.29, 1.82) is 0 Å². The maximum absolute atomic E-state index is 11.4. The number of rotatable bonds is 3. The second-order valence-electron chi connectivity index (χ2n) is 4.90. The van der Waals surface area contributed by atoms with Crippen molar-refractivity contribution >= 4 is 17.3 Å². The molecule has 108 valence electrons.